The van der Waals surface area contributed by atoms with Crippen LogP contribution >= 0.6 is 23.1 Å². The van der Waals surface area contributed by atoms with Gasteiger partial charge < -0.3 is 10.6 Å². The van der Waals surface area contributed by atoms with Crippen molar-refractivity contribution in [3.05, 3.63) is 152 Å². The van der Waals surface area contributed by atoms with Crippen molar-refractivity contribution in [3.63, 3.8) is 0 Å². The molecule has 0 bridgehead atoms. The first-order valence-corrected chi connectivity index (χ1v) is 16.6. The Bertz CT molecular complexity index is 1970. The van der Waals surface area contributed by atoms with E-state index in [9.17, 15) is 25.0 Å². The van der Waals surface area contributed by atoms with Gasteiger partial charge in [0.05, 0.1) is 10.5 Å². The van der Waals surface area contributed by atoms with Gasteiger partial charge in [-0.25, -0.2) is 0 Å². The largest absolute Gasteiger partial charge is 0.322 e. The fourth-order valence-electron chi connectivity index (χ4n) is 5.46. The number of benzene rings is 4. The highest BCUT2D eigenvalue weighted by Gasteiger charge is 2.28. The van der Waals surface area contributed by atoms with Crippen LogP contribution in [0.5, 0.6) is 0 Å². The van der Waals surface area contributed by atoms with Crippen molar-refractivity contribution >= 4 is 51.3 Å². The molecule has 4 aromatic carbocycles. The Morgan fingerprint density at radius 2 is 1.70 bits per heavy atom. The molecule has 0 fully saturated rings. The van der Waals surface area contributed by atoms with Crippen molar-refractivity contribution in [2.45, 2.75) is 29.7 Å². The van der Waals surface area contributed by atoms with E-state index in [1.807, 2.05) is 54.6 Å². The number of nitro benzene ring substituents is 1. The van der Waals surface area contributed by atoms with E-state index < -0.39 is 16.1 Å². The van der Waals surface area contributed by atoms with Gasteiger partial charge in [-0.1, -0.05) is 72.8 Å². The topological polar surface area (TPSA) is 128 Å². The third-order valence-corrected chi connectivity index (χ3v) is 10.1. The minimum Gasteiger partial charge on any atom is -0.322 e. The fraction of sp³-hybridized carbons (Fsp3) is 0.139. The predicted molar refractivity (Wildman–Crippen MR) is 184 cm³/mol. The number of rotatable bonds is 10. The summed E-state index contributed by atoms with van der Waals surface area (Å²) in [7, 11) is 0. The molecule has 47 heavy (non-hydrogen) atoms. The summed E-state index contributed by atoms with van der Waals surface area (Å²) in [5, 5.41) is 27.0. The van der Waals surface area contributed by atoms with E-state index >= 15 is 0 Å². The Labute approximate surface area is 280 Å². The summed E-state index contributed by atoms with van der Waals surface area (Å²) in [5.41, 5.74) is 4.03. The van der Waals surface area contributed by atoms with Crippen molar-refractivity contribution in [1.29, 1.82) is 5.26 Å². The molecule has 0 saturated carbocycles. The van der Waals surface area contributed by atoms with Crippen LogP contribution < -0.4 is 10.6 Å². The summed E-state index contributed by atoms with van der Waals surface area (Å²) in [4.78, 5) is 41.6. The lowest BCUT2D eigenvalue weighted by atomic mass is 10.0. The molecule has 1 aromatic heterocycles. The van der Waals surface area contributed by atoms with Crippen molar-refractivity contribution in [3.8, 4) is 6.07 Å². The normalized spacial score (nSPS) is 13.2. The first kappa shape index (κ1) is 31.7. The zero-order chi connectivity index (χ0) is 32.8. The van der Waals surface area contributed by atoms with Gasteiger partial charge in [0.15, 0.2) is 0 Å². The number of thiophene rings is 1. The number of nitrogens with zero attached hydrogens (tertiary/aromatic N) is 3. The van der Waals surface area contributed by atoms with Gasteiger partial charge in [0.25, 0.3) is 11.6 Å². The molecule has 2 N–H and O–H groups in total. The second-order valence-corrected chi connectivity index (χ2v) is 13.2. The summed E-state index contributed by atoms with van der Waals surface area (Å²) in [5.74, 6) is -0.746. The molecule has 0 radical (unpaired) electrons. The molecular weight excluding hydrogens is 631 g/mol. The molecule has 0 aliphatic carbocycles. The molecule has 5 aromatic rings. The van der Waals surface area contributed by atoms with Crippen LogP contribution in [0.25, 0.3) is 0 Å². The van der Waals surface area contributed by atoms with E-state index in [2.05, 4.69) is 33.7 Å². The number of hydrogen-bond acceptors (Lipinski definition) is 8. The van der Waals surface area contributed by atoms with E-state index in [4.69, 9.17) is 0 Å². The Morgan fingerprint density at radius 3 is 2.45 bits per heavy atom. The summed E-state index contributed by atoms with van der Waals surface area (Å²) in [6.07, 6.45) is 0.739. The Hall–Kier alpha value is -5.28. The van der Waals surface area contributed by atoms with Crippen LogP contribution in [0.1, 0.15) is 42.7 Å². The standard InChI is InChI=1S/C36H29N5O4S2/c37-21-31-30-17-18-40(22-24-9-3-1-4-10-24)23-32(30)47-36(31)39-35(43)33(25-11-5-2-6-12-25)46-29-16-8-14-27(20-29)38-34(42)26-13-7-15-28(19-26)41(44)45/h1-16,19-20,33H,17-18,22-23H2,(H,38,42)(H,39,43). The van der Waals surface area contributed by atoms with Crippen molar-refractivity contribution in [2.75, 3.05) is 17.2 Å². The van der Waals surface area contributed by atoms with Crippen LogP contribution in [-0.4, -0.2) is 28.2 Å². The zero-order valence-corrected chi connectivity index (χ0v) is 26.7. The van der Waals surface area contributed by atoms with Crippen LogP contribution in [-0.2, 0) is 24.3 Å². The lowest BCUT2D eigenvalue weighted by molar-refractivity contribution is -0.384. The van der Waals surface area contributed by atoms with Gasteiger partial charge in [0.2, 0.25) is 5.91 Å². The molecule has 0 spiro atoms. The number of nitrogens with one attached hydrogen (secondary N) is 2. The Kier molecular flexibility index (Phi) is 9.73. The number of anilines is 2. The molecule has 2 heterocycles. The average molecular weight is 660 g/mol. The van der Waals surface area contributed by atoms with Crippen LogP contribution in [0.3, 0.4) is 0 Å². The highest BCUT2D eigenvalue weighted by Crippen LogP contribution is 2.41. The fourth-order valence-corrected chi connectivity index (χ4v) is 7.79. The second kappa shape index (κ2) is 14.4. The van der Waals surface area contributed by atoms with Crippen LogP contribution in [0.4, 0.5) is 16.4 Å². The number of non-ortho nitro benzene ring substituents is 1. The van der Waals surface area contributed by atoms with Gasteiger partial charge in [-0.2, -0.15) is 5.26 Å². The maximum Gasteiger partial charge on any atom is 0.270 e. The van der Waals surface area contributed by atoms with E-state index in [1.165, 1.54) is 52.9 Å². The molecule has 11 heteroatoms. The summed E-state index contributed by atoms with van der Waals surface area (Å²) < 4.78 is 0. The maximum atomic E-state index is 14.0. The third kappa shape index (κ3) is 7.58. The minimum atomic E-state index is -0.654. The van der Waals surface area contributed by atoms with Crippen LogP contribution in [0.15, 0.2) is 114 Å². The van der Waals surface area contributed by atoms with Gasteiger partial charge in [-0.05, 0) is 47.4 Å². The second-order valence-electron chi connectivity index (χ2n) is 11.0. The first-order chi connectivity index (χ1) is 22.9. The van der Waals surface area contributed by atoms with Gasteiger partial charge in [0.1, 0.15) is 16.3 Å². The predicted octanol–water partition coefficient (Wildman–Crippen LogP) is 7.81. The van der Waals surface area contributed by atoms with E-state index in [-0.39, 0.29) is 17.2 Å². The number of nitro groups is 1. The van der Waals surface area contributed by atoms with Gasteiger partial charge in [0, 0.05) is 52.8 Å². The molecule has 1 unspecified atom stereocenters. The quantitative estimate of drug-likeness (QED) is 0.0889. The first-order valence-electron chi connectivity index (χ1n) is 14.9. The summed E-state index contributed by atoms with van der Waals surface area (Å²) >= 11 is 2.79. The van der Waals surface area contributed by atoms with Crippen molar-refractivity contribution < 1.29 is 14.5 Å². The highest BCUT2D eigenvalue weighted by molar-refractivity contribution is 8.00. The Balaban J connectivity index is 1.20. The number of hydrogen-bond donors (Lipinski definition) is 2. The zero-order valence-electron chi connectivity index (χ0n) is 25.1. The molecule has 9 nitrogen and oxygen atoms in total. The smallest absolute Gasteiger partial charge is 0.270 e. The lowest BCUT2D eigenvalue weighted by Crippen LogP contribution is -2.29. The number of carbonyl (C=O) groups excluding carboxylic acids is 2. The van der Waals surface area contributed by atoms with Crippen LogP contribution in [0.2, 0.25) is 0 Å². The average Bonchev–Trinajstić information content (AvgIpc) is 3.44. The molecule has 1 aliphatic heterocycles. The molecule has 2 amide bonds. The molecular formula is C36H29N5O4S2. The van der Waals surface area contributed by atoms with E-state index in [0.717, 1.165) is 40.4 Å². The third-order valence-electron chi connectivity index (χ3n) is 7.74. The van der Waals surface area contributed by atoms with Crippen molar-refractivity contribution in [2.24, 2.45) is 0 Å². The summed E-state index contributed by atoms with van der Waals surface area (Å²) in [6.45, 7) is 2.36. The van der Waals surface area contributed by atoms with Crippen LogP contribution in [0, 0.1) is 21.4 Å². The number of thioether (sulfide) groups is 1. The number of nitriles is 1. The van der Waals surface area contributed by atoms with Gasteiger partial charge >= 0.3 is 0 Å². The maximum absolute atomic E-state index is 14.0. The number of carbonyl (C=O) groups is 2. The number of amides is 2. The van der Waals surface area contributed by atoms with Gasteiger partial charge in [-0.3, -0.25) is 24.6 Å². The molecule has 234 valence electrons. The monoisotopic (exact) mass is 659 g/mol. The van der Waals surface area contributed by atoms with E-state index in [0.29, 0.717) is 22.8 Å². The molecule has 1 aliphatic rings. The Morgan fingerprint density at radius 1 is 0.957 bits per heavy atom. The SMILES string of the molecule is N#Cc1c(NC(=O)C(Sc2cccc(NC(=O)c3cccc([N+](=O)[O-])c3)c2)c2ccccc2)sc2c1CCN(Cc1ccccc1)C2. The van der Waals surface area contributed by atoms with Crippen molar-refractivity contribution in [1.82, 2.24) is 4.90 Å². The number of fused-ring (bicyclic) bond motifs is 1. The summed E-state index contributed by atoms with van der Waals surface area (Å²) in [6, 6.07) is 34.7. The minimum absolute atomic E-state index is 0.161. The van der Waals surface area contributed by atoms with Gasteiger partial charge in [-0.15, -0.1) is 23.1 Å². The molecule has 1 atom stereocenters. The lowest BCUT2D eigenvalue weighted by Gasteiger charge is -2.26. The molecule has 0 saturated heterocycles. The van der Waals surface area contributed by atoms with E-state index in [1.54, 1.807) is 18.2 Å². The molecule has 6 rings (SSSR count). The highest BCUT2D eigenvalue weighted by atomic mass is 32.2.